The summed E-state index contributed by atoms with van der Waals surface area (Å²) in [6.45, 7) is 5.47. The zero-order valence-corrected chi connectivity index (χ0v) is 18.1. The molecule has 6 heteroatoms. The molecule has 2 aromatic rings. The first-order valence-corrected chi connectivity index (χ1v) is 10.8. The Kier molecular flexibility index (Phi) is 7.44. The minimum atomic E-state index is -0.820. The number of benzene rings is 1. The summed E-state index contributed by atoms with van der Waals surface area (Å²) in [6, 6.07) is 10.0. The highest BCUT2D eigenvalue weighted by molar-refractivity contribution is 5.90. The molecule has 1 saturated carbocycles. The number of hydrogen-bond acceptors (Lipinski definition) is 4. The molecule has 1 amide bonds. The number of aryl methyl sites for hydroxylation is 1. The lowest BCUT2D eigenvalue weighted by molar-refractivity contribution is -0.150. The Hall–Kier alpha value is -2.89. The van der Waals surface area contributed by atoms with Crippen LogP contribution in [-0.2, 0) is 14.3 Å². The Bertz CT molecular complexity index is 894. The lowest BCUT2D eigenvalue weighted by Gasteiger charge is -2.19. The van der Waals surface area contributed by atoms with E-state index in [4.69, 9.17) is 4.74 Å². The number of hydrogen-bond donors (Lipinski definition) is 1. The molecule has 1 aromatic heterocycles. The second kappa shape index (κ2) is 10.2. The van der Waals surface area contributed by atoms with Crippen molar-refractivity contribution in [2.75, 3.05) is 0 Å². The Morgan fingerprint density at radius 3 is 2.47 bits per heavy atom. The zero-order chi connectivity index (χ0) is 21.5. The highest BCUT2D eigenvalue weighted by Gasteiger charge is 2.21. The van der Waals surface area contributed by atoms with E-state index in [1.54, 1.807) is 13.0 Å². The van der Waals surface area contributed by atoms with Crippen LogP contribution in [0.2, 0.25) is 0 Å². The first-order valence-electron chi connectivity index (χ1n) is 10.8. The molecule has 1 heterocycles. The predicted octanol–water partition coefficient (Wildman–Crippen LogP) is 4.27. The van der Waals surface area contributed by atoms with E-state index in [-0.39, 0.29) is 11.9 Å². The van der Waals surface area contributed by atoms with E-state index in [9.17, 15) is 9.59 Å². The average Bonchev–Trinajstić information content (AvgIpc) is 2.89. The summed E-state index contributed by atoms with van der Waals surface area (Å²) in [5.74, 6) is -0.766. The van der Waals surface area contributed by atoms with Crippen LogP contribution in [0.4, 0.5) is 0 Å². The fourth-order valence-corrected chi connectivity index (χ4v) is 3.88. The van der Waals surface area contributed by atoms with Gasteiger partial charge in [-0.1, -0.05) is 43.9 Å². The number of para-hydroxylation sites is 1. The van der Waals surface area contributed by atoms with Gasteiger partial charge in [-0.05, 0) is 51.8 Å². The Labute approximate surface area is 178 Å². The Morgan fingerprint density at radius 2 is 1.80 bits per heavy atom. The van der Waals surface area contributed by atoms with Crippen molar-refractivity contribution in [3.8, 4) is 5.69 Å². The molecular weight excluding hydrogens is 378 g/mol. The van der Waals surface area contributed by atoms with E-state index in [0.717, 1.165) is 48.3 Å². The molecule has 0 aliphatic heterocycles. The van der Waals surface area contributed by atoms with Crippen molar-refractivity contribution in [1.82, 2.24) is 15.1 Å². The van der Waals surface area contributed by atoms with Crippen molar-refractivity contribution in [2.24, 2.45) is 0 Å². The third-order valence-electron chi connectivity index (χ3n) is 5.60. The first kappa shape index (κ1) is 21.8. The van der Waals surface area contributed by atoms with Crippen LogP contribution in [0.25, 0.3) is 11.8 Å². The Morgan fingerprint density at radius 1 is 1.13 bits per heavy atom. The normalized spacial score (nSPS) is 16.2. The van der Waals surface area contributed by atoms with Gasteiger partial charge in [-0.25, -0.2) is 9.48 Å². The van der Waals surface area contributed by atoms with Gasteiger partial charge in [0.25, 0.3) is 5.91 Å². The molecule has 1 aliphatic rings. The predicted molar refractivity (Wildman–Crippen MR) is 117 cm³/mol. The smallest absolute Gasteiger partial charge is 0.331 e. The summed E-state index contributed by atoms with van der Waals surface area (Å²) >= 11 is 0. The summed E-state index contributed by atoms with van der Waals surface area (Å²) in [7, 11) is 0. The molecule has 3 rings (SSSR count). The van der Waals surface area contributed by atoms with Gasteiger partial charge in [0.1, 0.15) is 0 Å². The summed E-state index contributed by atoms with van der Waals surface area (Å²) in [5, 5.41) is 7.59. The van der Waals surface area contributed by atoms with E-state index >= 15 is 0 Å². The van der Waals surface area contributed by atoms with Crippen LogP contribution in [0.15, 0.2) is 36.4 Å². The summed E-state index contributed by atoms with van der Waals surface area (Å²) in [4.78, 5) is 24.6. The summed E-state index contributed by atoms with van der Waals surface area (Å²) in [5.41, 5.74) is 3.58. The topological polar surface area (TPSA) is 73.2 Å². The lowest BCUT2D eigenvalue weighted by Crippen LogP contribution is -2.41. The van der Waals surface area contributed by atoms with Crippen LogP contribution in [0, 0.1) is 13.8 Å². The number of rotatable bonds is 6. The number of carbonyl (C=O) groups excluding carboxylic acids is 2. The fraction of sp³-hybridized carbons (Fsp3) is 0.458. The van der Waals surface area contributed by atoms with Crippen LogP contribution >= 0.6 is 0 Å². The number of carbonyl (C=O) groups is 2. The molecule has 0 spiro atoms. The third-order valence-corrected chi connectivity index (χ3v) is 5.60. The van der Waals surface area contributed by atoms with Gasteiger partial charge in [0, 0.05) is 23.4 Å². The monoisotopic (exact) mass is 409 g/mol. The van der Waals surface area contributed by atoms with Gasteiger partial charge in [0.2, 0.25) is 0 Å². The molecular formula is C24H31N3O3. The van der Waals surface area contributed by atoms with E-state index in [2.05, 4.69) is 10.4 Å². The van der Waals surface area contributed by atoms with Crippen molar-refractivity contribution in [1.29, 1.82) is 0 Å². The first-order chi connectivity index (χ1) is 14.5. The molecule has 0 saturated heterocycles. The van der Waals surface area contributed by atoms with Crippen LogP contribution < -0.4 is 5.32 Å². The lowest BCUT2D eigenvalue weighted by atomic mass is 10.1. The number of nitrogens with one attached hydrogen (secondary N) is 1. The second-order valence-corrected chi connectivity index (χ2v) is 7.94. The van der Waals surface area contributed by atoms with Crippen molar-refractivity contribution in [2.45, 2.75) is 71.4 Å². The molecule has 1 fully saturated rings. The molecule has 0 unspecified atom stereocenters. The van der Waals surface area contributed by atoms with Gasteiger partial charge in [-0.2, -0.15) is 5.10 Å². The maximum atomic E-state index is 12.4. The third kappa shape index (κ3) is 5.59. The second-order valence-electron chi connectivity index (χ2n) is 7.94. The van der Waals surface area contributed by atoms with Gasteiger partial charge < -0.3 is 10.1 Å². The van der Waals surface area contributed by atoms with E-state index in [0.29, 0.717) is 0 Å². The maximum absolute atomic E-state index is 12.4. The number of ether oxygens (including phenoxy) is 1. The molecule has 0 radical (unpaired) electrons. The molecule has 1 N–H and O–H groups in total. The van der Waals surface area contributed by atoms with Gasteiger partial charge in [0.15, 0.2) is 6.10 Å². The van der Waals surface area contributed by atoms with Gasteiger partial charge in [0.05, 0.1) is 11.4 Å². The number of esters is 1. The molecule has 30 heavy (non-hydrogen) atoms. The van der Waals surface area contributed by atoms with Gasteiger partial charge >= 0.3 is 5.97 Å². The molecule has 0 bridgehead atoms. The van der Waals surface area contributed by atoms with Crippen molar-refractivity contribution in [3.63, 3.8) is 0 Å². The van der Waals surface area contributed by atoms with E-state index in [1.165, 1.54) is 18.9 Å². The Balaban J connectivity index is 1.59. The summed E-state index contributed by atoms with van der Waals surface area (Å²) in [6.07, 6.45) is 8.96. The SMILES string of the molecule is Cc1nn(-c2ccccc2)c(C)c1/C=C/C(=O)O[C@H](C)C(=O)NC1CCCCCC1. The van der Waals surface area contributed by atoms with Crippen LogP contribution in [0.1, 0.15) is 62.4 Å². The average molecular weight is 410 g/mol. The quantitative estimate of drug-likeness (QED) is 0.439. The van der Waals surface area contributed by atoms with Crippen LogP contribution in [-0.4, -0.2) is 33.8 Å². The molecule has 6 nitrogen and oxygen atoms in total. The standard InChI is InChI=1S/C24H31N3O3/c1-17-22(18(2)27(26-17)21-13-9-6-10-14-21)15-16-23(28)30-19(3)24(29)25-20-11-7-4-5-8-12-20/h6,9-10,13-16,19-20H,4-5,7-8,11-12H2,1-3H3,(H,25,29)/b16-15+/t19-/m1/s1. The number of nitrogens with zero attached hydrogens (tertiary/aromatic N) is 2. The minimum absolute atomic E-state index is 0.186. The van der Waals surface area contributed by atoms with E-state index in [1.807, 2.05) is 48.9 Å². The molecule has 1 aliphatic carbocycles. The highest BCUT2D eigenvalue weighted by Crippen LogP contribution is 2.19. The summed E-state index contributed by atoms with van der Waals surface area (Å²) < 4.78 is 7.16. The zero-order valence-electron chi connectivity index (χ0n) is 18.1. The fourth-order valence-electron chi connectivity index (χ4n) is 3.88. The highest BCUT2D eigenvalue weighted by atomic mass is 16.5. The van der Waals surface area contributed by atoms with Crippen LogP contribution in [0.5, 0.6) is 0 Å². The molecule has 1 aromatic carbocycles. The maximum Gasteiger partial charge on any atom is 0.331 e. The minimum Gasteiger partial charge on any atom is -0.449 e. The van der Waals surface area contributed by atoms with Gasteiger partial charge in [-0.3, -0.25) is 4.79 Å². The molecule has 160 valence electrons. The van der Waals surface area contributed by atoms with Gasteiger partial charge in [-0.15, -0.1) is 0 Å². The van der Waals surface area contributed by atoms with Crippen LogP contribution in [0.3, 0.4) is 0 Å². The number of amides is 1. The van der Waals surface area contributed by atoms with Crippen molar-refractivity contribution in [3.05, 3.63) is 53.4 Å². The van der Waals surface area contributed by atoms with Crippen molar-refractivity contribution < 1.29 is 14.3 Å². The largest absolute Gasteiger partial charge is 0.449 e. The van der Waals surface area contributed by atoms with Crippen molar-refractivity contribution >= 4 is 18.0 Å². The van der Waals surface area contributed by atoms with E-state index < -0.39 is 12.1 Å². The number of aromatic nitrogens is 2. The molecule has 1 atom stereocenters.